The molecule has 3 N–H and O–H groups in total. The molecule has 0 spiro atoms. The number of rotatable bonds is 5. The third-order valence-corrected chi connectivity index (χ3v) is 2.25. The van der Waals surface area contributed by atoms with Gasteiger partial charge in [-0.1, -0.05) is 6.92 Å². The lowest BCUT2D eigenvalue weighted by atomic mass is 10.2. The van der Waals surface area contributed by atoms with Crippen molar-refractivity contribution in [2.24, 2.45) is 5.73 Å². The Bertz CT molecular complexity index is 345. The van der Waals surface area contributed by atoms with Gasteiger partial charge in [0.1, 0.15) is 6.04 Å². The van der Waals surface area contributed by atoms with Crippen molar-refractivity contribution in [1.29, 1.82) is 0 Å². The minimum absolute atomic E-state index is 0.343. The molecular formula is C10H18N4O. The van der Waals surface area contributed by atoms with Gasteiger partial charge in [0, 0.05) is 5.69 Å². The molecule has 0 aliphatic rings. The predicted molar refractivity (Wildman–Crippen MR) is 58.4 cm³/mol. The molecule has 1 unspecified atom stereocenters. The lowest BCUT2D eigenvalue weighted by molar-refractivity contribution is -0.120. The van der Waals surface area contributed by atoms with Gasteiger partial charge in [0.15, 0.2) is 0 Å². The van der Waals surface area contributed by atoms with E-state index in [1.165, 1.54) is 0 Å². The average molecular weight is 210 g/mol. The van der Waals surface area contributed by atoms with Gasteiger partial charge in [-0.25, -0.2) is 0 Å². The first-order chi connectivity index (χ1) is 7.04. The van der Waals surface area contributed by atoms with E-state index in [0.29, 0.717) is 13.1 Å². The molecule has 0 bridgehead atoms. The van der Waals surface area contributed by atoms with Crippen LogP contribution < -0.4 is 11.1 Å². The van der Waals surface area contributed by atoms with E-state index in [9.17, 15) is 4.79 Å². The summed E-state index contributed by atoms with van der Waals surface area (Å²) in [4.78, 5) is 11.1. The molecule has 1 atom stereocenters. The Balaban J connectivity index is 2.73. The number of carbonyl (C=O) groups excluding carboxylic acids is 1. The van der Waals surface area contributed by atoms with Crippen LogP contribution in [-0.2, 0) is 11.3 Å². The van der Waals surface area contributed by atoms with E-state index in [1.807, 2.05) is 26.8 Å². The summed E-state index contributed by atoms with van der Waals surface area (Å²) in [6.45, 7) is 7.03. The van der Waals surface area contributed by atoms with Crippen LogP contribution >= 0.6 is 0 Å². The molecule has 0 fully saturated rings. The molecular weight excluding hydrogens is 192 g/mol. The molecule has 15 heavy (non-hydrogen) atoms. The normalized spacial score (nSPS) is 12.7. The van der Waals surface area contributed by atoms with E-state index < -0.39 is 0 Å². The van der Waals surface area contributed by atoms with Gasteiger partial charge in [0.05, 0.1) is 12.2 Å². The lowest BCUT2D eigenvalue weighted by Crippen LogP contribution is -2.44. The predicted octanol–water partition coefficient (Wildman–Crippen LogP) is -0.0367. The zero-order chi connectivity index (χ0) is 11.4. The molecule has 1 heterocycles. The summed E-state index contributed by atoms with van der Waals surface area (Å²) in [5.41, 5.74) is 7.27. The van der Waals surface area contributed by atoms with E-state index in [0.717, 1.165) is 11.4 Å². The Labute approximate surface area is 89.6 Å². The highest BCUT2D eigenvalue weighted by molar-refractivity contribution is 5.79. The summed E-state index contributed by atoms with van der Waals surface area (Å²) in [6.07, 6.45) is 0. The number of nitrogens with two attached hydrogens (primary N) is 1. The summed E-state index contributed by atoms with van der Waals surface area (Å²) >= 11 is 0. The van der Waals surface area contributed by atoms with Crippen molar-refractivity contribution in [2.75, 3.05) is 6.54 Å². The van der Waals surface area contributed by atoms with E-state index >= 15 is 0 Å². The van der Waals surface area contributed by atoms with Crippen LogP contribution in [0.15, 0.2) is 6.07 Å². The van der Waals surface area contributed by atoms with Crippen LogP contribution in [0, 0.1) is 13.8 Å². The smallest absolute Gasteiger partial charge is 0.236 e. The van der Waals surface area contributed by atoms with Gasteiger partial charge < -0.3 is 11.1 Å². The standard InChI is InChI=1S/C10H18N4O/c1-4-12-9(10(11)15)6-14-8(3)5-7(2)13-14/h5,9,12H,4,6H2,1-3H3,(H2,11,15). The average Bonchev–Trinajstić information content (AvgIpc) is 2.44. The molecule has 5 heteroatoms. The van der Waals surface area contributed by atoms with Crippen molar-refractivity contribution >= 4 is 5.91 Å². The van der Waals surface area contributed by atoms with Crippen LogP contribution in [0.4, 0.5) is 0 Å². The third-order valence-electron chi connectivity index (χ3n) is 2.25. The van der Waals surface area contributed by atoms with Gasteiger partial charge in [-0.15, -0.1) is 0 Å². The molecule has 0 aliphatic heterocycles. The maximum Gasteiger partial charge on any atom is 0.236 e. The van der Waals surface area contributed by atoms with Gasteiger partial charge >= 0.3 is 0 Å². The first-order valence-electron chi connectivity index (χ1n) is 5.08. The van der Waals surface area contributed by atoms with Crippen LogP contribution in [0.2, 0.25) is 0 Å². The molecule has 1 amide bonds. The summed E-state index contributed by atoms with van der Waals surface area (Å²) in [5, 5.41) is 7.32. The number of carbonyl (C=O) groups is 1. The van der Waals surface area contributed by atoms with Gasteiger partial charge in [0.2, 0.25) is 5.91 Å². The number of nitrogens with zero attached hydrogens (tertiary/aromatic N) is 2. The van der Waals surface area contributed by atoms with Gasteiger partial charge in [-0.3, -0.25) is 9.48 Å². The Morgan fingerprint density at radius 2 is 2.33 bits per heavy atom. The van der Waals surface area contributed by atoms with Crippen molar-refractivity contribution in [3.63, 3.8) is 0 Å². The first kappa shape index (κ1) is 11.7. The number of aryl methyl sites for hydroxylation is 2. The molecule has 0 saturated carbocycles. The maximum absolute atomic E-state index is 11.1. The number of amides is 1. The van der Waals surface area contributed by atoms with Crippen molar-refractivity contribution in [3.8, 4) is 0 Å². The fourth-order valence-electron chi connectivity index (χ4n) is 1.53. The monoisotopic (exact) mass is 210 g/mol. The summed E-state index contributed by atoms with van der Waals surface area (Å²) < 4.78 is 1.80. The number of nitrogens with one attached hydrogen (secondary N) is 1. The zero-order valence-corrected chi connectivity index (χ0v) is 9.45. The fourth-order valence-corrected chi connectivity index (χ4v) is 1.53. The molecule has 1 rings (SSSR count). The fraction of sp³-hybridized carbons (Fsp3) is 0.600. The van der Waals surface area contributed by atoms with E-state index in [-0.39, 0.29) is 11.9 Å². The second-order valence-corrected chi connectivity index (χ2v) is 3.62. The van der Waals surface area contributed by atoms with Crippen LogP contribution in [0.1, 0.15) is 18.3 Å². The minimum Gasteiger partial charge on any atom is -0.368 e. The number of primary amides is 1. The molecule has 0 radical (unpaired) electrons. The number of likely N-dealkylation sites (N-methyl/N-ethyl adjacent to an activating group) is 1. The Hall–Kier alpha value is -1.36. The SMILES string of the molecule is CCNC(Cn1nc(C)cc1C)C(N)=O. The maximum atomic E-state index is 11.1. The molecule has 0 aromatic carbocycles. The highest BCUT2D eigenvalue weighted by Crippen LogP contribution is 2.02. The molecule has 84 valence electrons. The molecule has 1 aromatic rings. The van der Waals surface area contributed by atoms with Crippen LogP contribution in [-0.4, -0.2) is 28.3 Å². The lowest BCUT2D eigenvalue weighted by Gasteiger charge is -2.14. The van der Waals surface area contributed by atoms with Crippen molar-refractivity contribution in [2.45, 2.75) is 33.4 Å². The second kappa shape index (κ2) is 4.93. The van der Waals surface area contributed by atoms with Gasteiger partial charge in [0.25, 0.3) is 0 Å². The van der Waals surface area contributed by atoms with Crippen LogP contribution in [0.25, 0.3) is 0 Å². The quantitative estimate of drug-likeness (QED) is 0.716. The Morgan fingerprint density at radius 3 is 2.73 bits per heavy atom. The number of hydrogen-bond donors (Lipinski definition) is 2. The first-order valence-corrected chi connectivity index (χ1v) is 5.08. The highest BCUT2D eigenvalue weighted by Gasteiger charge is 2.15. The van der Waals surface area contributed by atoms with Crippen LogP contribution in [0.3, 0.4) is 0 Å². The molecule has 0 aliphatic carbocycles. The minimum atomic E-state index is -0.354. The molecule has 5 nitrogen and oxygen atoms in total. The van der Waals surface area contributed by atoms with E-state index in [2.05, 4.69) is 10.4 Å². The van der Waals surface area contributed by atoms with E-state index in [1.54, 1.807) is 4.68 Å². The second-order valence-electron chi connectivity index (χ2n) is 3.62. The zero-order valence-electron chi connectivity index (χ0n) is 9.45. The van der Waals surface area contributed by atoms with Crippen LogP contribution in [0.5, 0.6) is 0 Å². The van der Waals surface area contributed by atoms with Crippen molar-refractivity contribution < 1.29 is 4.79 Å². The summed E-state index contributed by atoms with van der Waals surface area (Å²) in [5.74, 6) is -0.343. The molecule has 0 saturated heterocycles. The topological polar surface area (TPSA) is 72.9 Å². The summed E-state index contributed by atoms with van der Waals surface area (Å²) in [7, 11) is 0. The third kappa shape index (κ3) is 3.06. The molecule has 1 aromatic heterocycles. The number of aromatic nitrogens is 2. The van der Waals surface area contributed by atoms with Gasteiger partial charge in [-0.05, 0) is 26.5 Å². The number of hydrogen-bond acceptors (Lipinski definition) is 3. The van der Waals surface area contributed by atoms with Crippen molar-refractivity contribution in [3.05, 3.63) is 17.5 Å². The highest BCUT2D eigenvalue weighted by atomic mass is 16.1. The van der Waals surface area contributed by atoms with Crippen molar-refractivity contribution in [1.82, 2.24) is 15.1 Å². The largest absolute Gasteiger partial charge is 0.368 e. The van der Waals surface area contributed by atoms with Gasteiger partial charge in [-0.2, -0.15) is 5.10 Å². The van der Waals surface area contributed by atoms with E-state index in [4.69, 9.17) is 5.73 Å². The Kier molecular flexibility index (Phi) is 3.85. The summed E-state index contributed by atoms with van der Waals surface area (Å²) in [6, 6.07) is 1.62. The Morgan fingerprint density at radius 1 is 1.67 bits per heavy atom.